The number of aliphatic hydroxyl groups excluding tert-OH is 1. The SMILES string of the molecule is OC(NC12CC(C1)C2)O[C@H]1CO[C@@H](c2cc(Nc3nccn4nc(CC(F)(F)F)cc34)n[nH]2)[C@@H]1F. The van der Waals surface area contributed by atoms with Crippen molar-refractivity contribution in [1.29, 1.82) is 0 Å². The average molecular weight is 497 g/mol. The standard InChI is InChI=1S/C21H23F4N7O3/c22-16-14(35-19(33)28-20-5-10(6-20)7-20)9-34-17(16)12-4-15(30-29-12)27-18-13-3-11(8-21(23,24)25)31-32(13)2-1-26-18/h1-4,10,14,16-17,19,28,33H,5-9H2,(H2,26,27,29,30)/t10?,14-,16+,17-,19?,20?/m0/s1. The highest BCUT2D eigenvalue weighted by molar-refractivity contribution is 5.72. The molecule has 1 saturated heterocycles. The van der Waals surface area contributed by atoms with Gasteiger partial charge in [-0.15, -0.1) is 0 Å². The number of aromatic amines is 1. The lowest BCUT2D eigenvalue weighted by Crippen LogP contribution is -2.69. The number of nitrogens with zero attached hydrogens (tertiary/aromatic N) is 4. The van der Waals surface area contributed by atoms with E-state index in [4.69, 9.17) is 9.47 Å². The number of hydrogen-bond donors (Lipinski definition) is 4. The summed E-state index contributed by atoms with van der Waals surface area (Å²) in [4.78, 5) is 4.16. The molecule has 10 nitrogen and oxygen atoms in total. The summed E-state index contributed by atoms with van der Waals surface area (Å²) < 4.78 is 65.5. The van der Waals surface area contributed by atoms with Crippen LogP contribution < -0.4 is 10.6 Å². The number of H-pyrrole nitrogens is 1. The van der Waals surface area contributed by atoms with E-state index in [0.29, 0.717) is 11.2 Å². The van der Waals surface area contributed by atoms with Crippen molar-refractivity contribution in [3.8, 4) is 0 Å². The lowest BCUT2D eigenvalue weighted by Gasteiger charge is -2.62. The summed E-state index contributed by atoms with van der Waals surface area (Å²) in [5.74, 6) is 1.23. The minimum absolute atomic E-state index is 0.0410. The fraction of sp³-hybridized carbons (Fsp3) is 0.571. The van der Waals surface area contributed by atoms with Gasteiger partial charge in [-0.3, -0.25) is 10.4 Å². The molecule has 3 aliphatic carbocycles. The molecule has 4 atom stereocenters. The van der Waals surface area contributed by atoms with E-state index in [1.54, 1.807) is 0 Å². The summed E-state index contributed by atoms with van der Waals surface area (Å²) in [5.41, 5.74) is 0.452. The third-order valence-electron chi connectivity index (χ3n) is 6.83. The Labute approximate surface area is 196 Å². The van der Waals surface area contributed by atoms with Crippen molar-refractivity contribution in [2.45, 2.75) is 62.2 Å². The molecule has 1 unspecified atom stereocenters. The molecule has 4 heterocycles. The second-order valence-electron chi connectivity index (χ2n) is 9.50. The van der Waals surface area contributed by atoms with Crippen LogP contribution in [0.4, 0.5) is 29.2 Å². The first-order valence-corrected chi connectivity index (χ1v) is 11.3. The van der Waals surface area contributed by atoms with Gasteiger partial charge in [0.2, 0.25) is 6.41 Å². The fourth-order valence-electron chi connectivity index (χ4n) is 5.10. The molecule has 0 amide bonds. The number of fused-ring (bicyclic) bond motifs is 1. The maximum absolute atomic E-state index is 15.0. The van der Waals surface area contributed by atoms with Crippen molar-refractivity contribution in [2.75, 3.05) is 11.9 Å². The van der Waals surface area contributed by atoms with Crippen LogP contribution in [0.1, 0.15) is 36.8 Å². The molecule has 4 aliphatic rings. The Morgan fingerprint density at radius 2 is 2.11 bits per heavy atom. The van der Waals surface area contributed by atoms with E-state index in [1.165, 1.54) is 29.0 Å². The molecule has 7 rings (SSSR count). The summed E-state index contributed by atoms with van der Waals surface area (Å²) in [6.07, 6.45) is -4.46. The highest BCUT2D eigenvalue weighted by Gasteiger charge is 2.57. The number of aromatic nitrogens is 5. The minimum atomic E-state index is -4.38. The molecular formula is C21H23F4N7O3. The van der Waals surface area contributed by atoms with Gasteiger partial charge < -0.3 is 19.9 Å². The molecule has 14 heteroatoms. The Kier molecular flexibility index (Phi) is 5.25. The average Bonchev–Trinajstić information content (AvgIpc) is 3.42. The molecule has 35 heavy (non-hydrogen) atoms. The van der Waals surface area contributed by atoms with E-state index in [9.17, 15) is 18.3 Å². The fourth-order valence-corrected chi connectivity index (χ4v) is 5.10. The van der Waals surface area contributed by atoms with E-state index < -0.39 is 37.4 Å². The van der Waals surface area contributed by atoms with Crippen molar-refractivity contribution in [3.63, 3.8) is 0 Å². The number of anilines is 2. The summed E-state index contributed by atoms with van der Waals surface area (Å²) in [6, 6.07) is 2.82. The maximum Gasteiger partial charge on any atom is 0.394 e. The number of nitrogens with one attached hydrogen (secondary N) is 3. The first-order chi connectivity index (χ1) is 16.7. The molecule has 1 aliphatic heterocycles. The van der Waals surface area contributed by atoms with E-state index in [0.717, 1.165) is 25.2 Å². The molecular weight excluding hydrogens is 474 g/mol. The monoisotopic (exact) mass is 497 g/mol. The topological polar surface area (TPSA) is 122 Å². The summed E-state index contributed by atoms with van der Waals surface area (Å²) >= 11 is 0. The molecule has 0 radical (unpaired) electrons. The van der Waals surface area contributed by atoms with Gasteiger partial charge in [0.25, 0.3) is 0 Å². The number of hydrogen-bond acceptors (Lipinski definition) is 8. The second-order valence-corrected chi connectivity index (χ2v) is 9.50. The van der Waals surface area contributed by atoms with E-state index in [1.807, 2.05) is 0 Å². The third-order valence-corrected chi connectivity index (χ3v) is 6.83. The van der Waals surface area contributed by atoms with Crippen LogP contribution in [0.5, 0.6) is 0 Å². The Balaban J connectivity index is 1.10. The third kappa shape index (κ3) is 4.35. The van der Waals surface area contributed by atoms with Crippen LogP contribution in [-0.2, 0) is 15.9 Å². The van der Waals surface area contributed by atoms with E-state index in [2.05, 4.69) is 30.9 Å². The van der Waals surface area contributed by atoms with Crippen molar-refractivity contribution in [1.82, 2.24) is 30.1 Å². The van der Waals surface area contributed by atoms with Crippen LogP contribution in [0.15, 0.2) is 24.5 Å². The summed E-state index contributed by atoms with van der Waals surface area (Å²) in [7, 11) is 0. The zero-order chi connectivity index (χ0) is 24.4. The first-order valence-electron chi connectivity index (χ1n) is 11.3. The van der Waals surface area contributed by atoms with E-state index >= 15 is 4.39 Å². The van der Waals surface area contributed by atoms with Crippen LogP contribution in [0.25, 0.3) is 5.52 Å². The number of ether oxygens (including phenoxy) is 2. The van der Waals surface area contributed by atoms with Crippen molar-refractivity contribution >= 4 is 17.2 Å². The van der Waals surface area contributed by atoms with Crippen molar-refractivity contribution in [2.24, 2.45) is 5.92 Å². The predicted molar refractivity (Wildman–Crippen MR) is 112 cm³/mol. The Morgan fingerprint density at radius 3 is 2.83 bits per heavy atom. The quantitative estimate of drug-likeness (QED) is 0.277. The van der Waals surface area contributed by atoms with Gasteiger partial charge in [-0.2, -0.15) is 23.4 Å². The lowest BCUT2D eigenvalue weighted by atomic mass is 9.50. The molecule has 4 fully saturated rings. The molecule has 3 aromatic rings. The van der Waals surface area contributed by atoms with Crippen molar-refractivity contribution < 1.29 is 32.1 Å². The molecule has 2 bridgehead atoms. The maximum atomic E-state index is 15.0. The van der Waals surface area contributed by atoms with Gasteiger partial charge in [-0.05, 0) is 31.2 Å². The lowest BCUT2D eigenvalue weighted by molar-refractivity contribution is -0.205. The molecule has 0 aromatic carbocycles. The van der Waals surface area contributed by atoms with Gasteiger partial charge in [0.05, 0.1) is 24.4 Å². The number of halogens is 4. The smallest absolute Gasteiger partial charge is 0.366 e. The number of aliphatic hydroxyl groups is 1. The second kappa shape index (κ2) is 8.11. The molecule has 3 aromatic heterocycles. The number of alkyl halides is 4. The predicted octanol–water partition coefficient (Wildman–Crippen LogP) is 2.51. The van der Waals surface area contributed by atoms with Gasteiger partial charge in [0, 0.05) is 24.0 Å². The molecule has 0 spiro atoms. The first kappa shape index (κ1) is 22.6. The van der Waals surface area contributed by atoms with Gasteiger partial charge in [-0.25, -0.2) is 13.9 Å². The van der Waals surface area contributed by atoms with Gasteiger partial charge in [0.15, 0.2) is 17.8 Å². The Morgan fingerprint density at radius 1 is 1.31 bits per heavy atom. The zero-order valence-electron chi connectivity index (χ0n) is 18.3. The normalized spacial score (nSPS) is 30.8. The Bertz CT molecular complexity index is 1210. The van der Waals surface area contributed by atoms with Crippen LogP contribution >= 0.6 is 0 Å². The Hall–Kier alpha value is -2.81. The highest BCUT2D eigenvalue weighted by atomic mass is 19.4. The van der Waals surface area contributed by atoms with Gasteiger partial charge in [-0.1, -0.05) is 0 Å². The summed E-state index contributed by atoms with van der Waals surface area (Å²) in [6.45, 7) is -0.0410. The minimum Gasteiger partial charge on any atom is -0.366 e. The van der Waals surface area contributed by atoms with Gasteiger partial charge >= 0.3 is 6.18 Å². The number of rotatable bonds is 8. The van der Waals surface area contributed by atoms with E-state index in [-0.39, 0.29) is 29.5 Å². The molecule has 3 saturated carbocycles. The van der Waals surface area contributed by atoms with Crippen LogP contribution in [0.3, 0.4) is 0 Å². The molecule has 188 valence electrons. The highest BCUT2D eigenvalue weighted by Crippen LogP contribution is 2.57. The van der Waals surface area contributed by atoms with Crippen LogP contribution in [0, 0.1) is 5.92 Å². The molecule has 4 N–H and O–H groups in total. The van der Waals surface area contributed by atoms with Crippen LogP contribution in [-0.4, -0.2) is 66.9 Å². The largest absolute Gasteiger partial charge is 0.394 e. The van der Waals surface area contributed by atoms with Crippen molar-refractivity contribution in [3.05, 3.63) is 35.9 Å². The van der Waals surface area contributed by atoms with Crippen LogP contribution in [0.2, 0.25) is 0 Å². The summed E-state index contributed by atoms with van der Waals surface area (Å²) in [5, 5.41) is 26.8. The van der Waals surface area contributed by atoms with Gasteiger partial charge in [0.1, 0.15) is 17.7 Å². The zero-order valence-corrected chi connectivity index (χ0v) is 18.3.